The number of nitriles is 1. The monoisotopic (exact) mass is 379 g/mol. The highest BCUT2D eigenvalue weighted by Crippen LogP contribution is 2.49. The van der Waals surface area contributed by atoms with Gasteiger partial charge in [0.15, 0.2) is 0 Å². The molecular formula is C21H21N3O4. The predicted octanol–water partition coefficient (Wildman–Crippen LogP) is 3.28. The molecule has 28 heavy (non-hydrogen) atoms. The second-order valence-corrected chi connectivity index (χ2v) is 6.40. The lowest BCUT2D eigenvalue weighted by Crippen LogP contribution is -2.25. The number of carbonyl (C=O) groups excluding carboxylic acids is 1. The van der Waals surface area contributed by atoms with Crippen molar-refractivity contribution < 1.29 is 19.0 Å². The number of aryl methyl sites for hydroxylation is 1. The van der Waals surface area contributed by atoms with Crippen LogP contribution in [0.4, 0.5) is 5.69 Å². The van der Waals surface area contributed by atoms with Gasteiger partial charge in [0.25, 0.3) is 0 Å². The van der Waals surface area contributed by atoms with Gasteiger partial charge in [-0.25, -0.2) is 9.78 Å². The maximum Gasteiger partial charge on any atom is 0.336 e. The third-order valence-corrected chi connectivity index (χ3v) is 4.84. The molecule has 0 saturated carbocycles. The smallest absolute Gasteiger partial charge is 0.336 e. The Kier molecular flexibility index (Phi) is 5.23. The zero-order valence-electron chi connectivity index (χ0n) is 16.4. The van der Waals surface area contributed by atoms with Crippen molar-refractivity contribution in [3.05, 3.63) is 57.9 Å². The Balaban J connectivity index is 2.38. The summed E-state index contributed by atoms with van der Waals surface area (Å²) in [5, 5.41) is 12.5. The topological polar surface area (TPSA) is 93.5 Å². The molecule has 1 N–H and O–H groups in total. The summed E-state index contributed by atoms with van der Waals surface area (Å²) in [5.74, 6) is -0.0996. The van der Waals surface area contributed by atoms with E-state index in [0.29, 0.717) is 28.5 Å². The first-order valence-corrected chi connectivity index (χ1v) is 8.64. The van der Waals surface area contributed by atoms with E-state index in [2.05, 4.69) is 16.4 Å². The molecule has 0 aliphatic carbocycles. The first kappa shape index (κ1) is 19.2. The van der Waals surface area contributed by atoms with Gasteiger partial charge in [0, 0.05) is 17.5 Å². The highest BCUT2D eigenvalue weighted by molar-refractivity contribution is 5.95. The number of benzene rings is 1. The number of esters is 1. The van der Waals surface area contributed by atoms with Crippen molar-refractivity contribution >= 4 is 11.7 Å². The van der Waals surface area contributed by atoms with Crippen LogP contribution in [0.2, 0.25) is 0 Å². The van der Waals surface area contributed by atoms with Crippen molar-refractivity contribution in [2.75, 3.05) is 26.6 Å². The number of hydrogen-bond acceptors (Lipinski definition) is 7. The fraction of sp³-hybridized carbons (Fsp3) is 0.286. The molecule has 144 valence electrons. The molecule has 7 heteroatoms. The third-order valence-electron chi connectivity index (χ3n) is 4.84. The van der Waals surface area contributed by atoms with Crippen LogP contribution >= 0.6 is 0 Å². The molecule has 1 aliphatic heterocycles. The lowest BCUT2D eigenvalue weighted by Gasteiger charge is -2.32. The van der Waals surface area contributed by atoms with E-state index in [9.17, 15) is 10.1 Å². The van der Waals surface area contributed by atoms with Gasteiger partial charge in [-0.2, -0.15) is 5.26 Å². The quantitative estimate of drug-likeness (QED) is 0.815. The molecule has 0 saturated heterocycles. The number of nitrogens with zero attached hydrogens (tertiary/aromatic N) is 2. The Hall–Kier alpha value is -3.53. The number of carbonyl (C=O) groups is 1. The average Bonchev–Trinajstić information content (AvgIpc) is 2.72. The maximum atomic E-state index is 12.7. The van der Waals surface area contributed by atoms with Crippen molar-refractivity contribution in [1.29, 1.82) is 5.26 Å². The normalized spacial score (nSPS) is 15.2. The van der Waals surface area contributed by atoms with Gasteiger partial charge in [-0.15, -0.1) is 0 Å². The molecule has 7 nitrogen and oxygen atoms in total. The van der Waals surface area contributed by atoms with Gasteiger partial charge in [-0.05, 0) is 31.5 Å². The van der Waals surface area contributed by atoms with E-state index in [1.54, 1.807) is 24.4 Å². The minimum atomic E-state index is -0.534. The minimum absolute atomic E-state index is 0.401. The summed E-state index contributed by atoms with van der Waals surface area (Å²) in [6.45, 7) is 3.76. The van der Waals surface area contributed by atoms with Gasteiger partial charge in [0.05, 0.1) is 55.7 Å². The maximum absolute atomic E-state index is 12.7. The Morgan fingerprint density at radius 2 is 1.96 bits per heavy atom. The van der Waals surface area contributed by atoms with Gasteiger partial charge in [0.1, 0.15) is 5.75 Å². The first-order valence-electron chi connectivity index (χ1n) is 8.64. The zero-order valence-corrected chi connectivity index (χ0v) is 16.4. The third kappa shape index (κ3) is 3.03. The van der Waals surface area contributed by atoms with E-state index >= 15 is 0 Å². The van der Waals surface area contributed by atoms with Crippen LogP contribution in [-0.2, 0) is 9.53 Å². The lowest BCUT2D eigenvalue weighted by atomic mass is 9.79. The van der Waals surface area contributed by atoms with Crippen LogP contribution < -0.4 is 14.8 Å². The first-order chi connectivity index (χ1) is 13.5. The number of methoxy groups -OCH3 is 3. The number of aromatic nitrogens is 1. The van der Waals surface area contributed by atoms with E-state index in [4.69, 9.17) is 14.2 Å². The molecule has 2 aromatic rings. The number of allylic oxidation sites excluding steroid dienone is 1. The molecule has 1 aromatic heterocycles. The van der Waals surface area contributed by atoms with Crippen molar-refractivity contribution in [3.8, 4) is 17.7 Å². The molecule has 1 aliphatic rings. The van der Waals surface area contributed by atoms with Crippen molar-refractivity contribution in [1.82, 2.24) is 4.98 Å². The van der Waals surface area contributed by atoms with Gasteiger partial charge in [-0.3, -0.25) is 0 Å². The number of fused-ring (bicyclic) bond motifs is 1. The van der Waals surface area contributed by atoms with E-state index in [0.717, 1.165) is 22.4 Å². The summed E-state index contributed by atoms with van der Waals surface area (Å²) in [6.07, 6.45) is 1.72. The summed E-state index contributed by atoms with van der Waals surface area (Å²) in [6, 6.07) is 7.23. The Labute approximate surface area is 163 Å². The largest absolute Gasteiger partial charge is 0.496 e. The SMILES string of the molecule is COC(=O)C1=C(C)Nc2c(C)cnc(OC)c2C1c1ccc(C#N)cc1OC. The molecular weight excluding hydrogens is 358 g/mol. The van der Waals surface area contributed by atoms with Gasteiger partial charge < -0.3 is 19.5 Å². The molecule has 0 spiro atoms. The van der Waals surface area contributed by atoms with Crippen LogP contribution in [0.3, 0.4) is 0 Å². The van der Waals surface area contributed by atoms with E-state index < -0.39 is 11.9 Å². The lowest BCUT2D eigenvalue weighted by molar-refractivity contribution is -0.136. The fourth-order valence-corrected chi connectivity index (χ4v) is 3.53. The number of pyridine rings is 1. The number of nitrogens with one attached hydrogen (secondary N) is 1. The summed E-state index contributed by atoms with van der Waals surface area (Å²) >= 11 is 0. The molecule has 0 fully saturated rings. The Bertz CT molecular complexity index is 1020. The van der Waals surface area contributed by atoms with Crippen LogP contribution in [0.15, 0.2) is 35.7 Å². The number of hydrogen-bond donors (Lipinski definition) is 1. The predicted molar refractivity (Wildman–Crippen MR) is 103 cm³/mol. The Morgan fingerprint density at radius 3 is 2.57 bits per heavy atom. The summed E-state index contributed by atoms with van der Waals surface area (Å²) in [5.41, 5.74) is 4.75. The molecule has 0 radical (unpaired) electrons. The standard InChI is InChI=1S/C21H21N3O4/c1-11-10-23-20(27-4)18-17(14-7-6-13(9-22)8-15(14)26-3)16(21(25)28-5)12(2)24-19(11)18/h6-8,10,17,24H,1-5H3. The fourth-order valence-electron chi connectivity index (χ4n) is 3.53. The van der Waals surface area contributed by atoms with Crippen LogP contribution in [0.25, 0.3) is 0 Å². The molecule has 2 heterocycles. The van der Waals surface area contributed by atoms with Crippen molar-refractivity contribution in [3.63, 3.8) is 0 Å². The van der Waals surface area contributed by atoms with E-state index in [1.165, 1.54) is 21.3 Å². The van der Waals surface area contributed by atoms with Crippen LogP contribution in [0.5, 0.6) is 11.6 Å². The second-order valence-electron chi connectivity index (χ2n) is 6.40. The molecule has 3 rings (SSSR count). The van der Waals surface area contributed by atoms with E-state index in [1.807, 2.05) is 13.8 Å². The number of ether oxygens (including phenoxy) is 3. The van der Waals surface area contributed by atoms with Gasteiger partial charge in [-0.1, -0.05) is 6.07 Å². The molecule has 0 amide bonds. The van der Waals surface area contributed by atoms with Gasteiger partial charge >= 0.3 is 5.97 Å². The van der Waals surface area contributed by atoms with Crippen LogP contribution in [-0.4, -0.2) is 32.3 Å². The molecule has 0 bridgehead atoms. The number of rotatable bonds is 4. The summed E-state index contributed by atoms with van der Waals surface area (Å²) in [7, 11) is 4.41. The van der Waals surface area contributed by atoms with Crippen molar-refractivity contribution in [2.45, 2.75) is 19.8 Å². The zero-order chi connectivity index (χ0) is 20.4. The highest BCUT2D eigenvalue weighted by atomic mass is 16.5. The summed E-state index contributed by atoms with van der Waals surface area (Å²) < 4.78 is 16.1. The second kappa shape index (κ2) is 7.61. The molecule has 1 unspecified atom stereocenters. The minimum Gasteiger partial charge on any atom is -0.496 e. The molecule has 1 atom stereocenters. The van der Waals surface area contributed by atoms with Crippen molar-refractivity contribution in [2.24, 2.45) is 0 Å². The van der Waals surface area contributed by atoms with Crippen LogP contribution in [0, 0.1) is 18.3 Å². The average molecular weight is 379 g/mol. The van der Waals surface area contributed by atoms with Gasteiger partial charge in [0.2, 0.25) is 5.88 Å². The Morgan fingerprint density at radius 1 is 1.21 bits per heavy atom. The van der Waals surface area contributed by atoms with E-state index in [-0.39, 0.29) is 0 Å². The van der Waals surface area contributed by atoms with Crippen LogP contribution in [0.1, 0.15) is 35.1 Å². The highest BCUT2D eigenvalue weighted by Gasteiger charge is 2.38. The summed E-state index contributed by atoms with van der Waals surface area (Å²) in [4.78, 5) is 17.1. The number of anilines is 1. The molecule has 1 aromatic carbocycles.